The molecule has 0 saturated carbocycles. The van der Waals surface area contributed by atoms with Crippen molar-refractivity contribution in [3.05, 3.63) is 64.8 Å². The molecule has 0 radical (unpaired) electrons. The number of benzene rings is 2. The van der Waals surface area contributed by atoms with Crippen LogP contribution < -0.4 is 4.74 Å². The molecule has 0 bridgehead atoms. The average Bonchev–Trinajstić information content (AvgIpc) is 3.01. The van der Waals surface area contributed by atoms with Crippen molar-refractivity contribution in [1.29, 1.82) is 0 Å². The molecular formula is C17H14ClN3O3. The van der Waals surface area contributed by atoms with Crippen molar-refractivity contribution in [1.82, 2.24) is 15.0 Å². The van der Waals surface area contributed by atoms with Crippen molar-refractivity contribution in [3.8, 4) is 17.0 Å². The van der Waals surface area contributed by atoms with Crippen molar-refractivity contribution < 1.29 is 14.6 Å². The molecule has 7 heteroatoms. The highest BCUT2D eigenvalue weighted by Crippen LogP contribution is 2.26. The average molecular weight is 344 g/mol. The summed E-state index contributed by atoms with van der Waals surface area (Å²) in [6.07, 6.45) is 0. The van der Waals surface area contributed by atoms with E-state index in [4.69, 9.17) is 16.3 Å². The lowest BCUT2D eigenvalue weighted by Gasteiger charge is -2.09. The first-order valence-electron chi connectivity index (χ1n) is 7.14. The van der Waals surface area contributed by atoms with E-state index < -0.39 is 5.97 Å². The van der Waals surface area contributed by atoms with Crippen LogP contribution in [-0.2, 0) is 6.54 Å². The van der Waals surface area contributed by atoms with Gasteiger partial charge in [0, 0.05) is 10.6 Å². The van der Waals surface area contributed by atoms with Gasteiger partial charge in [-0.25, -0.2) is 9.48 Å². The predicted molar refractivity (Wildman–Crippen MR) is 89.5 cm³/mol. The van der Waals surface area contributed by atoms with Crippen LogP contribution in [0.1, 0.15) is 16.1 Å². The van der Waals surface area contributed by atoms with Gasteiger partial charge in [0.2, 0.25) is 0 Å². The molecule has 0 atom stereocenters. The number of hydrogen-bond acceptors (Lipinski definition) is 4. The third-order valence-electron chi connectivity index (χ3n) is 3.53. The minimum atomic E-state index is -1.13. The van der Waals surface area contributed by atoms with E-state index in [1.165, 1.54) is 0 Å². The number of nitrogens with zero attached hydrogens (tertiary/aromatic N) is 3. The zero-order chi connectivity index (χ0) is 17.1. The molecule has 0 spiro atoms. The fraction of sp³-hybridized carbons (Fsp3) is 0.118. The molecule has 1 aromatic heterocycles. The van der Waals surface area contributed by atoms with E-state index in [1.807, 2.05) is 12.1 Å². The second kappa shape index (κ2) is 6.72. The second-order valence-corrected chi connectivity index (χ2v) is 5.54. The van der Waals surface area contributed by atoms with Crippen LogP contribution >= 0.6 is 11.6 Å². The van der Waals surface area contributed by atoms with Crippen LogP contribution in [0.2, 0.25) is 5.02 Å². The van der Waals surface area contributed by atoms with Crippen LogP contribution in [0.5, 0.6) is 5.75 Å². The maximum atomic E-state index is 11.5. The van der Waals surface area contributed by atoms with Crippen molar-refractivity contribution in [2.45, 2.75) is 6.54 Å². The summed E-state index contributed by atoms with van der Waals surface area (Å²) in [5, 5.41) is 17.8. The Morgan fingerprint density at radius 3 is 2.67 bits per heavy atom. The van der Waals surface area contributed by atoms with Crippen LogP contribution in [0, 0.1) is 0 Å². The molecule has 0 amide bonds. The number of aromatic nitrogens is 3. The number of carboxylic acid groups (broad SMARTS) is 1. The van der Waals surface area contributed by atoms with E-state index in [0.717, 1.165) is 5.56 Å². The molecule has 6 nitrogen and oxygen atoms in total. The molecule has 2 aromatic carbocycles. The van der Waals surface area contributed by atoms with E-state index in [-0.39, 0.29) is 5.69 Å². The summed E-state index contributed by atoms with van der Waals surface area (Å²) in [4.78, 5) is 11.5. The number of rotatable bonds is 5. The maximum absolute atomic E-state index is 11.5. The van der Waals surface area contributed by atoms with E-state index in [2.05, 4.69) is 10.3 Å². The van der Waals surface area contributed by atoms with Gasteiger partial charge in [0.1, 0.15) is 11.4 Å². The quantitative estimate of drug-likeness (QED) is 0.768. The lowest BCUT2D eigenvalue weighted by molar-refractivity contribution is 0.0691. The highest BCUT2D eigenvalue weighted by Gasteiger charge is 2.21. The van der Waals surface area contributed by atoms with E-state index in [1.54, 1.807) is 48.2 Å². The molecule has 0 aliphatic heterocycles. The van der Waals surface area contributed by atoms with Crippen LogP contribution in [0.4, 0.5) is 0 Å². The van der Waals surface area contributed by atoms with Gasteiger partial charge in [-0.15, -0.1) is 5.10 Å². The molecule has 24 heavy (non-hydrogen) atoms. The summed E-state index contributed by atoms with van der Waals surface area (Å²) in [7, 11) is 1.56. The molecule has 1 heterocycles. The van der Waals surface area contributed by atoms with Crippen LogP contribution in [0.15, 0.2) is 48.5 Å². The molecule has 3 rings (SSSR count). The molecule has 0 aliphatic rings. The molecule has 122 valence electrons. The van der Waals surface area contributed by atoms with Gasteiger partial charge in [-0.2, -0.15) is 0 Å². The van der Waals surface area contributed by atoms with E-state index in [0.29, 0.717) is 28.6 Å². The summed E-state index contributed by atoms with van der Waals surface area (Å²) >= 11 is 5.89. The topological polar surface area (TPSA) is 77.2 Å². The molecule has 0 fully saturated rings. The fourth-order valence-electron chi connectivity index (χ4n) is 2.39. The van der Waals surface area contributed by atoms with Gasteiger partial charge in [-0.3, -0.25) is 0 Å². The smallest absolute Gasteiger partial charge is 0.358 e. The number of aromatic carboxylic acids is 1. The van der Waals surface area contributed by atoms with Gasteiger partial charge in [0.25, 0.3) is 0 Å². The van der Waals surface area contributed by atoms with Gasteiger partial charge >= 0.3 is 5.97 Å². The summed E-state index contributed by atoms with van der Waals surface area (Å²) in [6.45, 7) is 0.379. The van der Waals surface area contributed by atoms with Gasteiger partial charge in [-0.05, 0) is 29.8 Å². The molecule has 0 aliphatic carbocycles. The first kappa shape index (κ1) is 16.0. The van der Waals surface area contributed by atoms with Crippen molar-refractivity contribution in [3.63, 3.8) is 0 Å². The Morgan fingerprint density at radius 2 is 2.00 bits per heavy atom. The highest BCUT2D eigenvalue weighted by atomic mass is 35.5. The second-order valence-electron chi connectivity index (χ2n) is 5.11. The highest BCUT2D eigenvalue weighted by molar-refractivity contribution is 6.30. The normalized spacial score (nSPS) is 10.6. The standard InChI is InChI=1S/C17H14ClN3O3/c1-24-14-4-2-3-12(9-14)16-15(17(22)23)19-20-21(16)10-11-5-7-13(18)8-6-11/h2-9H,10H2,1H3,(H,22,23). The first-order valence-corrected chi connectivity index (χ1v) is 7.52. The third-order valence-corrected chi connectivity index (χ3v) is 3.78. The molecular weight excluding hydrogens is 330 g/mol. The minimum Gasteiger partial charge on any atom is -0.497 e. The van der Waals surface area contributed by atoms with Gasteiger partial charge < -0.3 is 9.84 Å². The van der Waals surface area contributed by atoms with Crippen LogP contribution in [0.3, 0.4) is 0 Å². The summed E-state index contributed by atoms with van der Waals surface area (Å²) in [5.74, 6) is -0.502. The Hall–Kier alpha value is -2.86. The van der Waals surface area contributed by atoms with Crippen LogP contribution in [0.25, 0.3) is 11.3 Å². The Labute approximate surface area is 143 Å². The van der Waals surface area contributed by atoms with Gasteiger partial charge in [0.15, 0.2) is 5.69 Å². The number of carbonyl (C=O) groups is 1. The largest absolute Gasteiger partial charge is 0.497 e. The SMILES string of the molecule is COc1cccc(-c2c(C(=O)O)nnn2Cc2ccc(Cl)cc2)c1. The zero-order valence-corrected chi connectivity index (χ0v) is 13.6. The maximum Gasteiger partial charge on any atom is 0.358 e. The van der Waals surface area contributed by atoms with Crippen molar-refractivity contribution >= 4 is 17.6 Å². The number of ether oxygens (including phenoxy) is 1. The Balaban J connectivity index is 2.06. The van der Waals surface area contributed by atoms with Crippen LogP contribution in [-0.4, -0.2) is 33.2 Å². The van der Waals surface area contributed by atoms with Gasteiger partial charge in [-0.1, -0.05) is 41.1 Å². The lowest BCUT2D eigenvalue weighted by atomic mass is 10.1. The number of carboxylic acids is 1. The molecule has 0 unspecified atom stereocenters. The van der Waals surface area contributed by atoms with Crippen molar-refractivity contribution in [2.24, 2.45) is 0 Å². The Bertz CT molecular complexity index is 875. The third kappa shape index (κ3) is 3.23. The molecule has 0 saturated heterocycles. The Kier molecular flexibility index (Phi) is 4.48. The van der Waals surface area contributed by atoms with E-state index in [9.17, 15) is 9.90 Å². The lowest BCUT2D eigenvalue weighted by Crippen LogP contribution is -2.06. The monoisotopic (exact) mass is 343 g/mol. The number of methoxy groups -OCH3 is 1. The molecule has 1 N–H and O–H groups in total. The number of halogens is 1. The number of hydrogen-bond donors (Lipinski definition) is 1. The summed E-state index contributed by atoms with van der Waals surface area (Å²) in [5.41, 5.74) is 1.93. The van der Waals surface area contributed by atoms with Crippen molar-refractivity contribution in [2.75, 3.05) is 7.11 Å². The van der Waals surface area contributed by atoms with Gasteiger partial charge in [0.05, 0.1) is 13.7 Å². The van der Waals surface area contributed by atoms with E-state index >= 15 is 0 Å². The zero-order valence-electron chi connectivity index (χ0n) is 12.8. The summed E-state index contributed by atoms with van der Waals surface area (Å²) < 4.78 is 6.77. The predicted octanol–water partition coefficient (Wildman–Crippen LogP) is 3.35. The first-order chi connectivity index (χ1) is 11.6. The molecule has 3 aromatic rings. The minimum absolute atomic E-state index is 0.0998. The Morgan fingerprint density at radius 1 is 1.25 bits per heavy atom. The summed E-state index contributed by atoms with van der Waals surface area (Å²) in [6, 6.07) is 14.4. The fourth-order valence-corrected chi connectivity index (χ4v) is 2.51.